The number of carbonyl (C=O) groups excluding carboxylic acids is 3. The van der Waals surface area contributed by atoms with Gasteiger partial charge in [0.15, 0.2) is 6.10 Å². The summed E-state index contributed by atoms with van der Waals surface area (Å²) in [4.78, 5) is 55.4. The van der Waals surface area contributed by atoms with Crippen LogP contribution in [0, 0.1) is 11.8 Å². The number of rotatable bonds is 32. The topological polar surface area (TPSA) is 177 Å². The fraction of sp³-hybridized carbons (Fsp3) is 0.732. The lowest BCUT2D eigenvalue weighted by Gasteiger charge is -2.18. The zero-order valence-corrected chi connectivity index (χ0v) is 33.3. The number of aliphatic hydroxyl groups is 2. The molecule has 1 aliphatic rings. The summed E-state index contributed by atoms with van der Waals surface area (Å²) in [5, 5.41) is 20.6. The highest BCUT2D eigenvalue weighted by molar-refractivity contribution is 7.46. The first-order chi connectivity index (χ1) is 25.5. The molecular formula is C41H69O11P. The van der Waals surface area contributed by atoms with Gasteiger partial charge in [-0.2, -0.15) is 0 Å². The summed E-state index contributed by atoms with van der Waals surface area (Å²) in [6, 6.07) is 0. The molecule has 1 saturated carbocycles. The Labute approximate surface area is 318 Å². The Balaban J connectivity index is 2.33. The van der Waals surface area contributed by atoms with Gasteiger partial charge in [0.1, 0.15) is 12.4 Å². The van der Waals surface area contributed by atoms with Gasteiger partial charge < -0.3 is 29.5 Å². The molecule has 1 aliphatic carbocycles. The number of esters is 2. The van der Waals surface area contributed by atoms with Gasteiger partial charge in [-0.15, -0.1) is 0 Å². The highest BCUT2D eigenvalue weighted by Crippen LogP contribution is 2.36. The van der Waals surface area contributed by atoms with Crippen LogP contribution in [0.3, 0.4) is 0 Å². The van der Waals surface area contributed by atoms with Crippen molar-refractivity contribution < 1.29 is 52.9 Å². The van der Waals surface area contributed by atoms with Crippen molar-refractivity contribution in [2.24, 2.45) is 11.8 Å². The Morgan fingerprint density at radius 1 is 0.792 bits per heavy atom. The smallest absolute Gasteiger partial charge is 0.462 e. The molecule has 5 atom stereocenters. The van der Waals surface area contributed by atoms with Crippen LogP contribution in [-0.2, 0) is 32.9 Å². The van der Waals surface area contributed by atoms with Crippen LogP contribution in [-0.4, -0.2) is 69.2 Å². The van der Waals surface area contributed by atoms with Gasteiger partial charge in [0, 0.05) is 31.1 Å². The Kier molecular flexibility index (Phi) is 28.3. The van der Waals surface area contributed by atoms with Crippen LogP contribution in [0.2, 0.25) is 0 Å². The SMILES string of the molecule is CCCCCC/C=C\C=C/CCCCCCCC(=O)O[C@H](COC(=O)CCC/C=C\C[C@H]1[C@@H](O)CC(=O)[C@@H]1/C=C/[C@@H](O)CCCCC)COP(=O)(O)O. The van der Waals surface area contributed by atoms with E-state index < -0.39 is 57.2 Å². The quantitative estimate of drug-likeness (QED) is 0.0170. The first-order valence-electron chi connectivity index (χ1n) is 20.1. The van der Waals surface area contributed by atoms with E-state index >= 15 is 0 Å². The Morgan fingerprint density at radius 3 is 2.08 bits per heavy atom. The number of ether oxygens (including phenoxy) is 2. The monoisotopic (exact) mass is 768 g/mol. The maximum absolute atomic E-state index is 12.4. The summed E-state index contributed by atoms with van der Waals surface area (Å²) in [7, 11) is -4.82. The van der Waals surface area contributed by atoms with Crippen molar-refractivity contribution >= 4 is 25.5 Å². The van der Waals surface area contributed by atoms with E-state index in [1.165, 1.54) is 25.7 Å². The third-order valence-electron chi connectivity index (χ3n) is 9.22. The summed E-state index contributed by atoms with van der Waals surface area (Å²) in [5.74, 6) is -1.85. The van der Waals surface area contributed by atoms with Gasteiger partial charge in [-0.1, -0.05) is 120 Å². The second-order valence-electron chi connectivity index (χ2n) is 14.1. The molecule has 0 aromatic rings. The van der Waals surface area contributed by atoms with E-state index in [4.69, 9.17) is 19.3 Å². The highest BCUT2D eigenvalue weighted by Gasteiger charge is 2.39. The van der Waals surface area contributed by atoms with Crippen LogP contribution in [0.15, 0.2) is 48.6 Å². The molecule has 4 N–H and O–H groups in total. The molecule has 1 fully saturated rings. The molecule has 12 heteroatoms. The Hall–Kier alpha value is -2.40. The third-order valence-corrected chi connectivity index (χ3v) is 9.71. The number of phosphoric acid groups is 1. The molecule has 0 radical (unpaired) electrons. The molecule has 0 amide bonds. The van der Waals surface area contributed by atoms with E-state index in [-0.39, 0.29) is 31.0 Å². The highest BCUT2D eigenvalue weighted by atomic mass is 31.2. The van der Waals surface area contributed by atoms with Crippen LogP contribution in [0.25, 0.3) is 0 Å². The number of phosphoric ester groups is 1. The van der Waals surface area contributed by atoms with E-state index in [0.717, 1.165) is 57.8 Å². The Bertz CT molecular complexity index is 1160. The summed E-state index contributed by atoms with van der Waals surface area (Å²) in [6.07, 6.45) is 30.5. The zero-order chi connectivity index (χ0) is 39.2. The van der Waals surface area contributed by atoms with E-state index in [0.29, 0.717) is 32.1 Å². The van der Waals surface area contributed by atoms with Crippen LogP contribution < -0.4 is 0 Å². The van der Waals surface area contributed by atoms with Crippen molar-refractivity contribution in [1.29, 1.82) is 0 Å². The molecule has 53 heavy (non-hydrogen) atoms. The van der Waals surface area contributed by atoms with E-state index in [2.05, 4.69) is 42.7 Å². The minimum absolute atomic E-state index is 0.0350. The number of hydrogen-bond donors (Lipinski definition) is 4. The number of ketones is 1. The summed E-state index contributed by atoms with van der Waals surface area (Å²) >= 11 is 0. The molecule has 304 valence electrons. The van der Waals surface area contributed by atoms with Crippen molar-refractivity contribution in [2.45, 2.75) is 167 Å². The van der Waals surface area contributed by atoms with Gasteiger partial charge in [0.05, 0.1) is 18.8 Å². The zero-order valence-electron chi connectivity index (χ0n) is 32.4. The number of allylic oxidation sites excluding steroid dienone is 7. The number of unbranched alkanes of at least 4 members (excludes halogenated alkanes) is 12. The lowest BCUT2D eigenvalue weighted by Crippen LogP contribution is -2.29. The lowest BCUT2D eigenvalue weighted by molar-refractivity contribution is -0.161. The fourth-order valence-corrected chi connectivity index (χ4v) is 6.47. The van der Waals surface area contributed by atoms with Crippen LogP contribution in [0.5, 0.6) is 0 Å². The van der Waals surface area contributed by atoms with Gasteiger partial charge in [0.2, 0.25) is 0 Å². The summed E-state index contributed by atoms with van der Waals surface area (Å²) in [5.41, 5.74) is 0. The first kappa shape index (κ1) is 48.6. The molecule has 0 aromatic carbocycles. The van der Waals surface area contributed by atoms with E-state index in [9.17, 15) is 29.2 Å². The standard InChI is InChI=1S/C41H69O11P/c1-3-5-7-8-9-10-11-12-13-14-15-16-17-18-24-28-41(46)52-35(33-51-53(47,48)49)32-50-40(45)27-23-20-19-22-26-36-37(39(44)31-38(36)43)30-29-34(42)25-21-6-4-2/h10-13,19,22,29-30,34-38,42-43H,3-9,14-18,20-21,23-28,31-33H2,1-2H3,(H2,47,48,49)/b11-10-,13-12-,22-19-,30-29+/t34-,35+,36+,37+,38-/m0/s1. The maximum Gasteiger partial charge on any atom is 0.469 e. The number of Topliss-reactive ketones (excluding diaryl/α,β-unsaturated/α-hetero) is 1. The third kappa shape index (κ3) is 26.9. The Morgan fingerprint density at radius 2 is 1.40 bits per heavy atom. The predicted molar refractivity (Wildman–Crippen MR) is 208 cm³/mol. The van der Waals surface area contributed by atoms with Gasteiger partial charge in [0.25, 0.3) is 0 Å². The normalized spacial score (nSPS) is 19.3. The van der Waals surface area contributed by atoms with Crippen molar-refractivity contribution in [3.63, 3.8) is 0 Å². The fourth-order valence-electron chi connectivity index (χ4n) is 6.11. The summed E-state index contributed by atoms with van der Waals surface area (Å²) < 4.78 is 26.3. The molecule has 0 saturated heterocycles. The van der Waals surface area contributed by atoms with Crippen molar-refractivity contribution in [3.05, 3.63) is 48.6 Å². The number of carbonyl (C=O) groups is 3. The lowest BCUT2D eigenvalue weighted by atomic mass is 9.90. The van der Waals surface area contributed by atoms with Crippen molar-refractivity contribution in [1.82, 2.24) is 0 Å². The van der Waals surface area contributed by atoms with E-state index in [1.54, 1.807) is 12.2 Å². The average molecular weight is 769 g/mol. The average Bonchev–Trinajstić information content (AvgIpc) is 3.38. The largest absolute Gasteiger partial charge is 0.469 e. The molecule has 0 spiro atoms. The molecule has 0 unspecified atom stereocenters. The minimum Gasteiger partial charge on any atom is -0.462 e. The van der Waals surface area contributed by atoms with Gasteiger partial charge in [-0.3, -0.25) is 18.9 Å². The number of hydrogen-bond acceptors (Lipinski definition) is 9. The van der Waals surface area contributed by atoms with Crippen LogP contribution >= 0.6 is 7.82 Å². The van der Waals surface area contributed by atoms with Crippen LogP contribution in [0.4, 0.5) is 0 Å². The van der Waals surface area contributed by atoms with Crippen molar-refractivity contribution in [2.75, 3.05) is 13.2 Å². The second-order valence-corrected chi connectivity index (χ2v) is 15.3. The van der Waals surface area contributed by atoms with Crippen LogP contribution in [0.1, 0.15) is 149 Å². The molecule has 0 aliphatic heterocycles. The minimum atomic E-state index is -4.82. The first-order valence-corrected chi connectivity index (χ1v) is 21.6. The summed E-state index contributed by atoms with van der Waals surface area (Å²) in [6.45, 7) is 3.30. The predicted octanol–water partition coefficient (Wildman–Crippen LogP) is 8.54. The molecule has 0 heterocycles. The molecule has 11 nitrogen and oxygen atoms in total. The molecule has 0 bridgehead atoms. The maximum atomic E-state index is 12.4. The van der Waals surface area contributed by atoms with Crippen molar-refractivity contribution in [3.8, 4) is 0 Å². The molecule has 0 aromatic heterocycles. The van der Waals surface area contributed by atoms with E-state index in [1.807, 2.05) is 12.2 Å². The molecular weight excluding hydrogens is 699 g/mol. The van der Waals surface area contributed by atoms with Gasteiger partial charge >= 0.3 is 19.8 Å². The number of aliphatic hydroxyl groups excluding tert-OH is 2. The van der Waals surface area contributed by atoms with Gasteiger partial charge in [-0.25, -0.2) is 4.57 Å². The second kappa shape index (κ2) is 30.9. The molecule has 1 rings (SSSR count). The van der Waals surface area contributed by atoms with Gasteiger partial charge in [-0.05, 0) is 57.8 Å².